The molecule has 1 saturated heterocycles. The number of aromatic nitrogens is 1. The summed E-state index contributed by atoms with van der Waals surface area (Å²) >= 11 is 0. The Bertz CT molecular complexity index is 522. The Labute approximate surface area is 127 Å². The second kappa shape index (κ2) is 6.62. The van der Waals surface area contributed by atoms with Gasteiger partial charge in [0.25, 0.3) is 5.91 Å². The van der Waals surface area contributed by atoms with E-state index in [1.807, 2.05) is 6.92 Å². The Kier molecular flexibility index (Phi) is 5.58. The Morgan fingerprint density at radius 2 is 2.10 bits per heavy atom. The minimum atomic E-state index is -4.49. The second-order valence-electron chi connectivity index (χ2n) is 4.88. The number of pyridine rings is 1. The molecule has 1 amide bonds. The van der Waals surface area contributed by atoms with E-state index in [1.54, 1.807) is 4.90 Å². The van der Waals surface area contributed by atoms with Crippen LogP contribution in [0.1, 0.15) is 28.7 Å². The van der Waals surface area contributed by atoms with E-state index < -0.39 is 11.9 Å². The maximum atomic E-state index is 12.6. The molecule has 4 nitrogen and oxygen atoms in total. The van der Waals surface area contributed by atoms with Crippen LogP contribution in [0, 0.1) is 6.92 Å². The van der Waals surface area contributed by atoms with Crippen molar-refractivity contribution in [2.24, 2.45) is 0 Å². The van der Waals surface area contributed by atoms with Gasteiger partial charge in [-0.05, 0) is 26.0 Å². The minimum Gasteiger partial charge on any atom is -0.333 e. The molecule has 1 unspecified atom stereocenters. The summed E-state index contributed by atoms with van der Waals surface area (Å²) < 4.78 is 37.7. The summed E-state index contributed by atoms with van der Waals surface area (Å²) in [6.45, 7) is 5.23. The van der Waals surface area contributed by atoms with E-state index >= 15 is 0 Å². The second-order valence-corrected chi connectivity index (χ2v) is 4.88. The molecule has 0 aromatic carbocycles. The van der Waals surface area contributed by atoms with E-state index in [1.165, 1.54) is 13.0 Å². The van der Waals surface area contributed by atoms with Gasteiger partial charge in [0, 0.05) is 25.7 Å². The van der Waals surface area contributed by atoms with Gasteiger partial charge in [-0.2, -0.15) is 13.2 Å². The van der Waals surface area contributed by atoms with Gasteiger partial charge in [-0.1, -0.05) is 0 Å². The number of rotatable bonds is 1. The van der Waals surface area contributed by atoms with Crippen LogP contribution in [-0.2, 0) is 6.18 Å². The maximum Gasteiger partial charge on any atom is 0.433 e. The van der Waals surface area contributed by atoms with Gasteiger partial charge in [0.1, 0.15) is 5.69 Å². The van der Waals surface area contributed by atoms with Crippen molar-refractivity contribution in [1.82, 2.24) is 15.2 Å². The van der Waals surface area contributed by atoms with Crippen LogP contribution in [0.2, 0.25) is 0 Å². The Morgan fingerprint density at radius 3 is 2.62 bits per heavy atom. The number of hydrogen-bond acceptors (Lipinski definition) is 3. The number of carbonyl (C=O) groups is 1. The van der Waals surface area contributed by atoms with Gasteiger partial charge in [-0.15, -0.1) is 12.4 Å². The van der Waals surface area contributed by atoms with Crippen molar-refractivity contribution in [1.29, 1.82) is 0 Å². The van der Waals surface area contributed by atoms with E-state index in [2.05, 4.69) is 10.3 Å². The number of aryl methyl sites for hydroxylation is 1. The molecule has 0 spiro atoms. The van der Waals surface area contributed by atoms with Crippen molar-refractivity contribution in [3.05, 3.63) is 29.1 Å². The molecule has 118 valence electrons. The lowest BCUT2D eigenvalue weighted by Crippen LogP contribution is -2.52. The summed E-state index contributed by atoms with van der Waals surface area (Å²) in [5, 5.41) is 3.16. The van der Waals surface area contributed by atoms with Crippen molar-refractivity contribution in [3.8, 4) is 0 Å². The fraction of sp³-hybridized carbons (Fsp3) is 0.538. The first-order chi connectivity index (χ1) is 9.30. The van der Waals surface area contributed by atoms with Crippen LogP contribution >= 0.6 is 12.4 Å². The highest BCUT2D eigenvalue weighted by Gasteiger charge is 2.33. The quantitative estimate of drug-likeness (QED) is 0.862. The molecule has 0 radical (unpaired) electrons. The number of amides is 1. The van der Waals surface area contributed by atoms with E-state index in [0.29, 0.717) is 19.6 Å². The fourth-order valence-corrected chi connectivity index (χ4v) is 2.24. The van der Waals surface area contributed by atoms with Crippen molar-refractivity contribution in [2.45, 2.75) is 26.1 Å². The Morgan fingerprint density at radius 1 is 1.43 bits per heavy atom. The summed E-state index contributed by atoms with van der Waals surface area (Å²) in [4.78, 5) is 17.5. The van der Waals surface area contributed by atoms with Gasteiger partial charge >= 0.3 is 6.18 Å². The molecular formula is C13H17ClF3N3O. The van der Waals surface area contributed by atoms with Crippen molar-refractivity contribution >= 4 is 18.3 Å². The molecule has 1 aliphatic rings. The largest absolute Gasteiger partial charge is 0.433 e. The SMILES string of the molecule is Cc1nc(C(F)(F)F)ccc1C(=O)N1CCNCC1C.Cl. The molecule has 1 aliphatic heterocycles. The van der Waals surface area contributed by atoms with Gasteiger partial charge in [0.05, 0.1) is 11.3 Å². The average molecular weight is 324 g/mol. The lowest BCUT2D eigenvalue weighted by atomic mass is 10.1. The van der Waals surface area contributed by atoms with Crippen LogP contribution in [0.5, 0.6) is 0 Å². The van der Waals surface area contributed by atoms with E-state index in [0.717, 1.165) is 6.07 Å². The van der Waals surface area contributed by atoms with Crippen LogP contribution in [0.25, 0.3) is 0 Å². The highest BCUT2D eigenvalue weighted by atomic mass is 35.5. The molecule has 1 atom stereocenters. The Balaban J connectivity index is 0.00000220. The minimum absolute atomic E-state index is 0. The summed E-state index contributed by atoms with van der Waals surface area (Å²) in [6.07, 6.45) is -4.49. The molecule has 1 fully saturated rings. The van der Waals surface area contributed by atoms with Crippen LogP contribution in [0.4, 0.5) is 13.2 Å². The third-order valence-electron chi connectivity index (χ3n) is 3.37. The first kappa shape index (κ1) is 17.7. The van der Waals surface area contributed by atoms with E-state index in [4.69, 9.17) is 0 Å². The van der Waals surface area contributed by atoms with Crippen molar-refractivity contribution < 1.29 is 18.0 Å². The maximum absolute atomic E-state index is 12.6. The molecule has 1 aromatic rings. The number of alkyl halides is 3. The molecule has 0 bridgehead atoms. The predicted octanol–water partition coefficient (Wildman–Crippen LogP) is 2.26. The van der Waals surface area contributed by atoms with Crippen molar-refractivity contribution in [3.63, 3.8) is 0 Å². The van der Waals surface area contributed by atoms with Gasteiger partial charge in [0.2, 0.25) is 0 Å². The molecule has 0 aliphatic carbocycles. The number of nitrogens with zero attached hydrogens (tertiary/aromatic N) is 2. The van der Waals surface area contributed by atoms with Gasteiger partial charge in [0.15, 0.2) is 0 Å². The first-order valence-electron chi connectivity index (χ1n) is 6.37. The zero-order valence-corrected chi connectivity index (χ0v) is 12.5. The van der Waals surface area contributed by atoms with Gasteiger partial charge in [-0.3, -0.25) is 4.79 Å². The number of nitrogens with one attached hydrogen (secondary N) is 1. The number of halogens is 4. The molecule has 1 aromatic heterocycles. The zero-order valence-electron chi connectivity index (χ0n) is 11.7. The third kappa shape index (κ3) is 3.85. The van der Waals surface area contributed by atoms with Crippen LogP contribution in [0.15, 0.2) is 12.1 Å². The predicted molar refractivity (Wildman–Crippen MR) is 74.6 cm³/mol. The molecule has 8 heteroatoms. The van der Waals surface area contributed by atoms with E-state index in [9.17, 15) is 18.0 Å². The number of piperazine rings is 1. The first-order valence-corrected chi connectivity index (χ1v) is 6.37. The van der Waals surface area contributed by atoms with Gasteiger partial charge < -0.3 is 10.2 Å². The summed E-state index contributed by atoms with van der Waals surface area (Å²) in [5.74, 6) is -0.266. The highest BCUT2D eigenvalue weighted by Crippen LogP contribution is 2.28. The fourth-order valence-electron chi connectivity index (χ4n) is 2.24. The standard InChI is InChI=1S/C13H16F3N3O.ClH/c1-8-7-17-5-6-19(8)12(20)10-3-4-11(13(14,15)16)18-9(10)2;/h3-4,8,17H,5-7H2,1-2H3;1H. The van der Waals surface area contributed by atoms with Gasteiger partial charge in [-0.25, -0.2) is 4.98 Å². The lowest BCUT2D eigenvalue weighted by molar-refractivity contribution is -0.141. The zero-order chi connectivity index (χ0) is 14.9. The molecule has 21 heavy (non-hydrogen) atoms. The van der Waals surface area contributed by atoms with Crippen LogP contribution < -0.4 is 5.32 Å². The van der Waals surface area contributed by atoms with Crippen LogP contribution in [0.3, 0.4) is 0 Å². The summed E-state index contributed by atoms with van der Waals surface area (Å²) in [6, 6.07) is 2.08. The smallest absolute Gasteiger partial charge is 0.333 e. The molecule has 2 rings (SSSR count). The van der Waals surface area contributed by atoms with Crippen molar-refractivity contribution in [2.75, 3.05) is 19.6 Å². The van der Waals surface area contributed by atoms with Crippen LogP contribution in [-0.4, -0.2) is 41.5 Å². The molecule has 1 N–H and O–H groups in total. The number of carbonyl (C=O) groups excluding carboxylic acids is 1. The topological polar surface area (TPSA) is 45.2 Å². The summed E-state index contributed by atoms with van der Waals surface area (Å²) in [5.41, 5.74) is -0.637. The highest BCUT2D eigenvalue weighted by molar-refractivity contribution is 5.95. The average Bonchev–Trinajstić information content (AvgIpc) is 2.37. The summed E-state index contributed by atoms with van der Waals surface area (Å²) in [7, 11) is 0. The number of hydrogen-bond donors (Lipinski definition) is 1. The lowest BCUT2D eigenvalue weighted by Gasteiger charge is -2.34. The third-order valence-corrected chi connectivity index (χ3v) is 3.37. The normalized spacial score (nSPS) is 19.1. The molecular weight excluding hydrogens is 307 g/mol. The van der Waals surface area contributed by atoms with E-state index in [-0.39, 0.29) is 35.6 Å². The molecule has 2 heterocycles. The Hall–Kier alpha value is -1.34. The molecule has 0 saturated carbocycles. The monoisotopic (exact) mass is 323 g/mol.